The highest BCUT2D eigenvalue weighted by Gasteiger charge is 2.07. The Kier molecular flexibility index (Phi) is 7.35. The van der Waals surface area contributed by atoms with Crippen LogP contribution in [-0.4, -0.2) is 30.8 Å². The van der Waals surface area contributed by atoms with Crippen molar-refractivity contribution in [1.82, 2.24) is 4.98 Å². The number of aromatic nitrogens is 1. The monoisotopic (exact) mass is 408 g/mol. The molecule has 0 atom stereocenters. The van der Waals surface area contributed by atoms with Crippen LogP contribution in [0.2, 0.25) is 0 Å². The summed E-state index contributed by atoms with van der Waals surface area (Å²) >= 11 is 1.40. The van der Waals surface area contributed by atoms with Crippen molar-refractivity contribution in [2.45, 2.75) is 19.9 Å². The summed E-state index contributed by atoms with van der Waals surface area (Å²) in [4.78, 5) is 17.9. The predicted octanol–water partition coefficient (Wildman–Crippen LogP) is 4.33. The van der Waals surface area contributed by atoms with E-state index in [1.807, 2.05) is 23.6 Å². The number of hydrazone groups is 1. The Morgan fingerprint density at radius 3 is 2.66 bits per heavy atom. The molecular formula is C22H24N4O2S. The molecule has 1 aromatic heterocycles. The summed E-state index contributed by atoms with van der Waals surface area (Å²) in [5.74, 6) is -0.307. The number of rotatable bonds is 9. The maximum absolute atomic E-state index is 11.3. The van der Waals surface area contributed by atoms with E-state index in [1.165, 1.54) is 29.7 Å². The molecule has 0 saturated heterocycles. The fourth-order valence-electron chi connectivity index (χ4n) is 2.78. The standard InChI is InChI=1S/C22H24N4O2S/c1-3-26(15-18-7-5-4-6-8-18)20-11-9-17(10-12-20)14-23-25-22-24-19(16-29-22)13-21(27)28-2/h4-12,14,16H,3,13,15H2,1-2H3,(H,24,25)/b23-14-. The van der Waals surface area contributed by atoms with E-state index in [-0.39, 0.29) is 12.4 Å². The first-order chi connectivity index (χ1) is 14.2. The molecule has 0 saturated carbocycles. The maximum atomic E-state index is 11.3. The zero-order valence-electron chi connectivity index (χ0n) is 16.5. The highest BCUT2D eigenvalue weighted by molar-refractivity contribution is 7.13. The van der Waals surface area contributed by atoms with Gasteiger partial charge in [0.15, 0.2) is 0 Å². The first-order valence-corrected chi connectivity index (χ1v) is 10.2. The Morgan fingerprint density at radius 2 is 1.97 bits per heavy atom. The number of esters is 1. The molecule has 3 aromatic rings. The molecular weight excluding hydrogens is 384 g/mol. The zero-order valence-corrected chi connectivity index (χ0v) is 17.4. The number of carbonyl (C=O) groups is 1. The molecule has 0 aliphatic carbocycles. The average Bonchev–Trinajstić information content (AvgIpc) is 3.20. The normalized spacial score (nSPS) is 10.8. The second-order valence-electron chi connectivity index (χ2n) is 6.36. The minimum atomic E-state index is -0.307. The molecule has 0 amide bonds. The second kappa shape index (κ2) is 10.4. The van der Waals surface area contributed by atoms with Crippen LogP contribution >= 0.6 is 11.3 Å². The molecule has 0 aliphatic heterocycles. The van der Waals surface area contributed by atoms with Gasteiger partial charge in [-0.25, -0.2) is 4.98 Å². The fraction of sp³-hybridized carbons (Fsp3) is 0.227. The van der Waals surface area contributed by atoms with Crippen molar-refractivity contribution in [2.75, 3.05) is 24.0 Å². The van der Waals surface area contributed by atoms with Crippen LogP contribution < -0.4 is 10.3 Å². The molecule has 0 fully saturated rings. The van der Waals surface area contributed by atoms with E-state index in [0.29, 0.717) is 10.8 Å². The van der Waals surface area contributed by atoms with Crippen LogP contribution in [0.15, 0.2) is 65.1 Å². The summed E-state index contributed by atoms with van der Waals surface area (Å²) in [5, 5.41) is 6.68. The van der Waals surface area contributed by atoms with E-state index in [4.69, 9.17) is 0 Å². The maximum Gasteiger partial charge on any atom is 0.311 e. The number of hydrogen-bond donors (Lipinski definition) is 1. The van der Waals surface area contributed by atoms with Gasteiger partial charge in [-0.3, -0.25) is 10.2 Å². The fourth-order valence-corrected chi connectivity index (χ4v) is 3.44. The number of carbonyl (C=O) groups excluding carboxylic acids is 1. The van der Waals surface area contributed by atoms with Crippen molar-refractivity contribution in [3.63, 3.8) is 0 Å². The molecule has 3 rings (SSSR count). The van der Waals surface area contributed by atoms with Gasteiger partial charge in [0.2, 0.25) is 5.13 Å². The molecule has 29 heavy (non-hydrogen) atoms. The molecule has 6 nitrogen and oxygen atoms in total. The van der Waals surface area contributed by atoms with Crippen LogP contribution in [0.25, 0.3) is 0 Å². The summed E-state index contributed by atoms with van der Waals surface area (Å²) in [5.41, 5.74) is 7.02. The van der Waals surface area contributed by atoms with Crippen molar-refractivity contribution >= 4 is 34.3 Å². The van der Waals surface area contributed by atoms with Crippen molar-refractivity contribution in [3.8, 4) is 0 Å². The molecule has 0 spiro atoms. The third kappa shape index (κ3) is 6.15. The molecule has 0 radical (unpaired) electrons. The SMILES string of the molecule is CCN(Cc1ccccc1)c1ccc(/C=N\Nc2nc(CC(=O)OC)cs2)cc1. The van der Waals surface area contributed by atoms with Crippen molar-refractivity contribution in [2.24, 2.45) is 5.10 Å². The lowest BCUT2D eigenvalue weighted by atomic mass is 10.1. The van der Waals surface area contributed by atoms with E-state index in [0.717, 1.165) is 18.7 Å². The van der Waals surface area contributed by atoms with Gasteiger partial charge in [-0.2, -0.15) is 5.10 Å². The van der Waals surface area contributed by atoms with Gasteiger partial charge in [0.05, 0.1) is 25.4 Å². The Hall–Kier alpha value is -3.19. The van der Waals surface area contributed by atoms with Gasteiger partial charge in [0.25, 0.3) is 0 Å². The van der Waals surface area contributed by atoms with Gasteiger partial charge in [0.1, 0.15) is 0 Å². The molecule has 1 N–H and O–H groups in total. The van der Waals surface area contributed by atoms with Gasteiger partial charge >= 0.3 is 5.97 Å². The average molecular weight is 409 g/mol. The second-order valence-corrected chi connectivity index (χ2v) is 7.22. The lowest BCUT2D eigenvalue weighted by molar-refractivity contribution is -0.139. The minimum Gasteiger partial charge on any atom is -0.469 e. The number of thiazole rings is 1. The number of hydrogen-bond acceptors (Lipinski definition) is 7. The lowest BCUT2D eigenvalue weighted by Crippen LogP contribution is -2.21. The van der Waals surface area contributed by atoms with Crippen molar-refractivity contribution in [1.29, 1.82) is 0 Å². The van der Waals surface area contributed by atoms with E-state index >= 15 is 0 Å². The van der Waals surface area contributed by atoms with Gasteiger partial charge in [0, 0.05) is 24.2 Å². The number of ether oxygens (including phenoxy) is 1. The van der Waals surface area contributed by atoms with Crippen LogP contribution in [0.3, 0.4) is 0 Å². The van der Waals surface area contributed by atoms with E-state index in [9.17, 15) is 4.79 Å². The Labute approximate surface area is 174 Å². The zero-order chi connectivity index (χ0) is 20.5. The molecule has 0 bridgehead atoms. The smallest absolute Gasteiger partial charge is 0.311 e. The highest BCUT2D eigenvalue weighted by atomic mass is 32.1. The third-order valence-corrected chi connectivity index (χ3v) is 5.13. The number of nitrogens with zero attached hydrogens (tertiary/aromatic N) is 3. The van der Waals surface area contributed by atoms with E-state index < -0.39 is 0 Å². The topological polar surface area (TPSA) is 66.8 Å². The summed E-state index contributed by atoms with van der Waals surface area (Å²) in [6.07, 6.45) is 1.91. The van der Waals surface area contributed by atoms with Gasteiger partial charge < -0.3 is 9.64 Å². The Bertz CT molecular complexity index is 939. The summed E-state index contributed by atoms with van der Waals surface area (Å²) in [6, 6.07) is 18.7. The Morgan fingerprint density at radius 1 is 1.21 bits per heavy atom. The number of benzene rings is 2. The highest BCUT2D eigenvalue weighted by Crippen LogP contribution is 2.18. The van der Waals surface area contributed by atoms with Crippen molar-refractivity contribution < 1.29 is 9.53 Å². The molecule has 150 valence electrons. The third-order valence-electron chi connectivity index (χ3n) is 4.33. The predicted molar refractivity (Wildman–Crippen MR) is 119 cm³/mol. The molecule has 0 aliphatic rings. The lowest BCUT2D eigenvalue weighted by Gasteiger charge is -2.23. The summed E-state index contributed by atoms with van der Waals surface area (Å²) < 4.78 is 4.64. The first kappa shape index (κ1) is 20.5. The van der Waals surface area contributed by atoms with Crippen LogP contribution in [-0.2, 0) is 22.5 Å². The largest absolute Gasteiger partial charge is 0.469 e. The Balaban J connectivity index is 1.56. The first-order valence-electron chi connectivity index (χ1n) is 9.37. The minimum absolute atomic E-state index is 0.163. The van der Waals surface area contributed by atoms with Gasteiger partial charge in [-0.05, 0) is 30.2 Å². The van der Waals surface area contributed by atoms with Gasteiger partial charge in [-0.1, -0.05) is 42.5 Å². The van der Waals surface area contributed by atoms with E-state index in [2.05, 4.69) is 68.5 Å². The van der Waals surface area contributed by atoms with E-state index in [1.54, 1.807) is 6.21 Å². The molecule has 0 unspecified atom stereocenters. The summed E-state index contributed by atoms with van der Waals surface area (Å²) in [7, 11) is 1.37. The number of methoxy groups -OCH3 is 1. The quantitative estimate of drug-likeness (QED) is 0.324. The molecule has 7 heteroatoms. The number of nitrogens with one attached hydrogen (secondary N) is 1. The van der Waals surface area contributed by atoms with Crippen LogP contribution in [0.5, 0.6) is 0 Å². The van der Waals surface area contributed by atoms with Crippen molar-refractivity contribution in [3.05, 3.63) is 76.8 Å². The number of anilines is 2. The van der Waals surface area contributed by atoms with Crippen LogP contribution in [0.1, 0.15) is 23.7 Å². The molecule has 2 aromatic carbocycles. The van der Waals surface area contributed by atoms with Crippen LogP contribution in [0, 0.1) is 0 Å². The molecule has 1 heterocycles. The van der Waals surface area contributed by atoms with Gasteiger partial charge in [-0.15, -0.1) is 11.3 Å². The summed E-state index contributed by atoms with van der Waals surface area (Å²) in [6.45, 7) is 3.97. The van der Waals surface area contributed by atoms with Crippen LogP contribution in [0.4, 0.5) is 10.8 Å².